The van der Waals surface area contributed by atoms with Crippen molar-refractivity contribution < 1.29 is 18.9 Å². The average molecular weight is 352 g/mol. The van der Waals surface area contributed by atoms with Crippen LogP contribution < -0.4 is 18.9 Å². The molecule has 0 radical (unpaired) electrons. The fraction of sp³-hybridized carbons (Fsp3) is 0.200. The van der Waals surface area contributed by atoms with Gasteiger partial charge in [-0.05, 0) is 35.9 Å². The van der Waals surface area contributed by atoms with E-state index in [9.17, 15) is 0 Å². The molecular formula is C20H20N2O4. The van der Waals surface area contributed by atoms with Crippen molar-refractivity contribution in [1.29, 1.82) is 0 Å². The average Bonchev–Trinajstić information content (AvgIpc) is 2.72. The Labute approximate surface area is 152 Å². The number of aromatic nitrogens is 2. The van der Waals surface area contributed by atoms with E-state index < -0.39 is 0 Å². The van der Waals surface area contributed by atoms with Crippen molar-refractivity contribution in [3.8, 4) is 45.4 Å². The van der Waals surface area contributed by atoms with Gasteiger partial charge < -0.3 is 18.9 Å². The molecule has 0 N–H and O–H groups in total. The van der Waals surface area contributed by atoms with Gasteiger partial charge >= 0.3 is 0 Å². The predicted octanol–water partition coefficient (Wildman–Crippen LogP) is 3.85. The highest BCUT2D eigenvalue weighted by Crippen LogP contribution is 2.38. The molecule has 0 aliphatic carbocycles. The van der Waals surface area contributed by atoms with Crippen molar-refractivity contribution in [2.45, 2.75) is 0 Å². The van der Waals surface area contributed by atoms with Crippen LogP contribution in [0.5, 0.6) is 23.0 Å². The first-order valence-electron chi connectivity index (χ1n) is 7.96. The van der Waals surface area contributed by atoms with Gasteiger partial charge in [0.2, 0.25) is 0 Å². The lowest BCUT2D eigenvalue weighted by Crippen LogP contribution is -1.95. The Hall–Kier alpha value is -3.28. The van der Waals surface area contributed by atoms with Gasteiger partial charge in [-0.25, -0.2) is 9.97 Å². The number of nitrogens with zero attached hydrogens (tertiary/aromatic N) is 2. The number of ether oxygens (including phenoxy) is 4. The number of hydrogen-bond donors (Lipinski definition) is 0. The Morgan fingerprint density at radius 2 is 1.19 bits per heavy atom. The fourth-order valence-electron chi connectivity index (χ4n) is 2.76. The van der Waals surface area contributed by atoms with Crippen molar-refractivity contribution in [3.05, 3.63) is 48.9 Å². The molecule has 0 unspecified atom stereocenters. The topological polar surface area (TPSA) is 62.7 Å². The normalized spacial score (nSPS) is 10.3. The second-order valence-corrected chi connectivity index (χ2v) is 5.42. The molecular weight excluding hydrogens is 332 g/mol. The molecule has 6 heteroatoms. The first-order valence-corrected chi connectivity index (χ1v) is 7.96. The molecule has 0 aliphatic rings. The lowest BCUT2D eigenvalue weighted by molar-refractivity contribution is 0.355. The molecule has 0 amide bonds. The molecule has 0 saturated heterocycles. The lowest BCUT2D eigenvalue weighted by atomic mass is 10.00. The summed E-state index contributed by atoms with van der Waals surface area (Å²) in [5, 5.41) is 0. The molecule has 26 heavy (non-hydrogen) atoms. The Balaban J connectivity index is 2.13. The highest BCUT2D eigenvalue weighted by molar-refractivity contribution is 5.82. The van der Waals surface area contributed by atoms with Gasteiger partial charge in [0.1, 0.15) is 6.33 Å². The summed E-state index contributed by atoms with van der Waals surface area (Å²) < 4.78 is 21.4. The summed E-state index contributed by atoms with van der Waals surface area (Å²) >= 11 is 0. The molecule has 0 aliphatic heterocycles. The van der Waals surface area contributed by atoms with Crippen LogP contribution in [0.1, 0.15) is 0 Å². The van der Waals surface area contributed by atoms with Crippen LogP contribution in [-0.4, -0.2) is 38.4 Å². The van der Waals surface area contributed by atoms with Gasteiger partial charge in [0.25, 0.3) is 0 Å². The van der Waals surface area contributed by atoms with Gasteiger partial charge in [0, 0.05) is 17.3 Å². The SMILES string of the molecule is COc1ccc(-c2cncnc2-c2ccc(OC)c(OC)c2)cc1OC. The van der Waals surface area contributed by atoms with Crippen molar-refractivity contribution in [2.75, 3.05) is 28.4 Å². The summed E-state index contributed by atoms with van der Waals surface area (Å²) in [6, 6.07) is 11.4. The summed E-state index contributed by atoms with van der Waals surface area (Å²) in [5.74, 6) is 2.62. The lowest BCUT2D eigenvalue weighted by Gasteiger charge is -2.13. The Morgan fingerprint density at radius 1 is 0.654 bits per heavy atom. The summed E-state index contributed by atoms with van der Waals surface area (Å²) in [6.45, 7) is 0. The van der Waals surface area contributed by atoms with E-state index in [4.69, 9.17) is 18.9 Å². The Bertz CT molecular complexity index is 838. The third-order valence-corrected chi connectivity index (χ3v) is 4.06. The number of benzene rings is 2. The van der Waals surface area contributed by atoms with E-state index in [0.29, 0.717) is 23.0 Å². The van der Waals surface area contributed by atoms with Gasteiger partial charge in [-0.3, -0.25) is 0 Å². The van der Waals surface area contributed by atoms with Gasteiger partial charge in [0.15, 0.2) is 23.0 Å². The second kappa shape index (κ2) is 7.74. The maximum Gasteiger partial charge on any atom is 0.161 e. The van der Waals surface area contributed by atoms with Crippen LogP contribution in [0.25, 0.3) is 22.4 Å². The van der Waals surface area contributed by atoms with Gasteiger partial charge in [-0.1, -0.05) is 6.07 Å². The number of hydrogen-bond acceptors (Lipinski definition) is 6. The number of rotatable bonds is 6. The van der Waals surface area contributed by atoms with Gasteiger partial charge in [-0.2, -0.15) is 0 Å². The molecule has 0 saturated carbocycles. The molecule has 3 rings (SSSR count). The number of methoxy groups -OCH3 is 4. The smallest absolute Gasteiger partial charge is 0.161 e. The Kier molecular flexibility index (Phi) is 5.22. The van der Waals surface area contributed by atoms with E-state index in [0.717, 1.165) is 22.4 Å². The molecule has 6 nitrogen and oxygen atoms in total. The summed E-state index contributed by atoms with van der Waals surface area (Å²) in [6.07, 6.45) is 3.30. The Morgan fingerprint density at radius 3 is 1.77 bits per heavy atom. The molecule has 3 aromatic rings. The zero-order chi connectivity index (χ0) is 18.5. The molecule has 1 aromatic heterocycles. The third-order valence-electron chi connectivity index (χ3n) is 4.06. The molecule has 0 fully saturated rings. The summed E-state index contributed by atoms with van der Waals surface area (Å²) in [7, 11) is 6.44. The van der Waals surface area contributed by atoms with Crippen molar-refractivity contribution in [1.82, 2.24) is 9.97 Å². The second-order valence-electron chi connectivity index (χ2n) is 5.42. The van der Waals surface area contributed by atoms with E-state index in [1.54, 1.807) is 34.6 Å². The van der Waals surface area contributed by atoms with Crippen molar-refractivity contribution >= 4 is 0 Å². The zero-order valence-electron chi connectivity index (χ0n) is 15.1. The molecule has 0 spiro atoms. The van der Waals surface area contributed by atoms with Crippen LogP contribution in [0.2, 0.25) is 0 Å². The van der Waals surface area contributed by atoms with Crippen LogP contribution in [0.15, 0.2) is 48.9 Å². The van der Waals surface area contributed by atoms with E-state index in [-0.39, 0.29) is 0 Å². The van der Waals surface area contributed by atoms with E-state index in [1.165, 1.54) is 6.33 Å². The minimum Gasteiger partial charge on any atom is -0.493 e. The molecule has 2 aromatic carbocycles. The minimum absolute atomic E-state index is 0.641. The van der Waals surface area contributed by atoms with E-state index in [1.807, 2.05) is 36.4 Å². The highest BCUT2D eigenvalue weighted by Gasteiger charge is 2.14. The predicted molar refractivity (Wildman–Crippen MR) is 99.1 cm³/mol. The van der Waals surface area contributed by atoms with E-state index in [2.05, 4.69) is 9.97 Å². The monoisotopic (exact) mass is 352 g/mol. The summed E-state index contributed by atoms with van der Waals surface area (Å²) in [4.78, 5) is 8.66. The maximum atomic E-state index is 5.41. The standard InChI is InChI=1S/C20H20N2O4/c1-23-16-7-5-13(9-18(16)25-3)15-11-21-12-22-20(15)14-6-8-17(24-2)19(10-14)26-4/h5-12H,1-4H3. The zero-order valence-corrected chi connectivity index (χ0v) is 15.1. The quantitative estimate of drug-likeness (QED) is 0.672. The molecule has 1 heterocycles. The van der Waals surface area contributed by atoms with Gasteiger partial charge in [-0.15, -0.1) is 0 Å². The van der Waals surface area contributed by atoms with Crippen LogP contribution in [0, 0.1) is 0 Å². The van der Waals surface area contributed by atoms with Crippen LogP contribution in [0.4, 0.5) is 0 Å². The fourth-order valence-corrected chi connectivity index (χ4v) is 2.76. The first-order chi connectivity index (χ1) is 12.7. The van der Waals surface area contributed by atoms with E-state index >= 15 is 0 Å². The van der Waals surface area contributed by atoms with Crippen molar-refractivity contribution in [3.63, 3.8) is 0 Å². The van der Waals surface area contributed by atoms with Crippen molar-refractivity contribution in [2.24, 2.45) is 0 Å². The maximum absolute atomic E-state index is 5.41. The molecule has 0 atom stereocenters. The molecule has 134 valence electrons. The first kappa shape index (κ1) is 17.5. The third kappa shape index (κ3) is 3.26. The van der Waals surface area contributed by atoms with Crippen LogP contribution in [0.3, 0.4) is 0 Å². The molecule has 0 bridgehead atoms. The van der Waals surface area contributed by atoms with Crippen LogP contribution >= 0.6 is 0 Å². The largest absolute Gasteiger partial charge is 0.493 e. The van der Waals surface area contributed by atoms with Gasteiger partial charge in [0.05, 0.1) is 34.1 Å². The minimum atomic E-state index is 0.641. The van der Waals surface area contributed by atoms with Crippen LogP contribution in [-0.2, 0) is 0 Å². The summed E-state index contributed by atoms with van der Waals surface area (Å²) in [5.41, 5.74) is 3.48. The highest BCUT2D eigenvalue weighted by atomic mass is 16.5.